The van der Waals surface area contributed by atoms with Crippen LogP contribution < -0.4 is 5.32 Å². The largest absolute Gasteiger partial charge is 0.325 e. The molecule has 0 fully saturated rings. The van der Waals surface area contributed by atoms with E-state index in [4.69, 9.17) is 11.6 Å². The molecule has 0 radical (unpaired) electrons. The molecule has 0 unspecified atom stereocenters. The predicted molar refractivity (Wildman–Crippen MR) is 83.1 cm³/mol. The molecule has 106 valence electrons. The van der Waals surface area contributed by atoms with E-state index in [1.807, 2.05) is 32.0 Å². The normalized spacial score (nSPS) is 13.0. The molecule has 21 heavy (non-hydrogen) atoms. The van der Waals surface area contributed by atoms with Crippen LogP contribution in [0.2, 0.25) is 5.02 Å². The number of amides is 1. The van der Waals surface area contributed by atoms with E-state index in [1.165, 1.54) is 0 Å². The summed E-state index contributed by atoms with van der Waals surface area (Å²) < 4.78 is 0. The number of carbonyl (C=O) groups excluding carboxylic acids is 2. The van der Waals surface area contributed by atoms with E-state index < -0.39 is 0 Å². The van der Waals surface area contributed by atoms with Crippen LogP contribution in [0.5, 0.6) is 0 Å². The van der Waals surface area contributed by atoms with Crippen LogP contribution in [-0.2, 0) is 11.2 Å². The number of hydrogen-bond acceptors (Lipinski definition) is 2. The van der Waals surface area contributed by atoms with Crippen molar-refractivity contribution in [1.29, 1.82) is 0 Å². The van der Waals surface area contributed by atoms with Gasteiger partial charge in [0.1, 0.15) is 0 Å². The summed E-state index contributed by atoms with van der Waals surface area (Å²) in [5.74, 6) is -0.171. The molecule has 1 amide bonds. The summed E-state index contributed by atoms with van der Waals surface area (Å²) >= 11 is 6.23. The fourth-order valence-electron chi connectivity index (χ4n) is 2.73. The third kappa shape index (κ3) is 2.34. The molecular weight excluding hydrogens is 286 g/mol. The molecule has 2 aromatic carbocycles. The van der Waals surface area contributed by atoms with Crippen molar-refractivity contribution in [3.63, 3.8) is 0 Å². The molecule has 4 heteroatoms. The van der Waals surface area contributed by atoms with Gasteiger partial charge in [-0.3, -0.25) is 9.59 Å². The van der Waals surface area contributed by atoms with Crippen LogP contribution in [0.3, 0.4) is 0 Å². The van der Waals surface area contributed by atoms with Gasteiger partial charge in [0.05, 0.1) is 11.4 Å². The molecule has 3 rings (SSSR count). The van der Waals surface area contributed by atoms with Crippen LogP contribution in [-0.4, -0.2) is 11.7 Å². The van der Waals surface area contributed by atoms with Crippen LogP contribution >= 0.6 is 11.6 Å². The first kappa shape index (κ1) is 13.8. The summed E-state index contributed by atoms with van der Waals surface area (Å²) in [7, 11) is 0. The predicted octanol–water partition coefficient (Wildman–Crippen LogP) is 3.68. The molecule has 0 aromatic heterocycles. The zero-order valence-electron chi connectivity index (χ0n) is 11.8. The lowest BCUT2D eigenvalue weighted by atomic mass is 9.93. The Bertz CT molecular complexity index is 760. The van der Waals surface area contributed by atoms with Crippen molar-refractivity contribution >= 4 is 29.0 Å². The lowest BCUT2D eigenvalue weighted by molar-refractivity contribution is -0.115. The summed E-state index contributed by atoms with van der Waals surface area (Å²) in [6.07, 6.45) is 0.291. The Morgan fingerprint density at radius 2 is 1.86 bits per heavy atom. The van der Waals surface area contributed by atoms with E-state index in [-0.39, 0.29) is 11.7 Å². The van der Waals surface area contributed by atoms with Gasteiger partial charge in [-0.05, 0) is 42.7 Å². The summed E-state index contributed by atoms with van der Waals surface area (Å²) in [5.41, 5.74) is 4.49. The van der Waals surface area contributed by atoms with Gasteiger partial charge in [0.15, 0.2) is 5.78 Å². The molecule has 0 saturated heterocycles. The highest BCUT2D eigenvalue weighted by Crippen LogP contribution is 2.32. The molecule has 1 N–H and O–H groups in total. The Labute approximate surface area is 127 Å². The lowest BCUT2D eigenvalue weighted by Crippen LogP contribution is -2.07. The number of aryl methyl sites for hydroxylation is 2. The number of benzene rings is 2. The van der Waals surface area contributed by atoms with E-state index in [2.05, 4.69) is 5.32 Å². The van der Waals surface area contributed by atoms with Gasteiger partial charge >= 0.3 is 0 Å². The Kier molecular flexibility index (Phi) is 3.30. The molecule has 0 saturated carbocycles. The van der Waals surface area contributed by atoms with E-state index in [9.17, 15) is 9.59 Å². The van der Waals surface area contributed by atoms with E-state index in [0.717, 1.165) is 16.7 Å². The van der Waals surface area contributed by atoms with Gasteiger partial charge in [-0.1, -0.05) is 29.8 Å². The smallest absolute Gasteiger partial charge is 0.228 e. The molecule has 1 aliphatic rings. The minimum atomic E-state index is -0.0993. The highest BCUT2D eigenvalue weighted by Gasteiger charge is 2.23. The van der Waals surface area contributed by atoms with Gasteiger partial charge in [-0.25, -0.2) is 0 Å². The molecule has 0 atom stereocenters. The van der Waals surface area contributed by atoms with Gasteiger partial charge in [0, 0.05) is 16.8 Å². The SMILES string of the molecule is Cc1cccc(C)c1C(=O)c1cc2c(cc1Cl)NC(=O)C2. The number of rotatable bonds is 2. The van der Waals surface area contributed by atoms with E-state index in [0.29, 0.717) is 28.3 Å². The number of anilines is 1. The van der Waals surface area contributed by atoms with Gasteiger partial charge in [0.2, 0.25) is 5.91 Å². The highest BCUT2D eigenvalue weighted by molar-refractivity contribution is 6.35. The number of ketones is 1. The maximum absolute atomic E-state index is 12.8. The second-order valence-corrected chi connectivity index (χ2v) is 5.72. The fraction of sp³-hybridized carbons (Fsp3) is 0.176. The minimum absolute atomic E-state index is 0.0715. The first-order valence-electron chi connectivity index (χ1n) is 6.70. The lowest BCUT2D eigenvalue weighted by Gasteiger charge is -2.11. The monoisotopic (exact) mass is 299 g/mol. The zero-order chi connectivity index (χ0) is 15.1. The molecule has 1 heterocycles. The fourth-order valence-corrected chi connectivity index (χ4v) is 2.98. The van der Waals surface area contributed by atoms with Crippen LogP contribution in [0.4, 0.5) is 5.69 Å². The van der Waals surface area contributed by atoms with Gasteiger partial charge in [-0.15, -0.1) is 0 Å². The van der Waals surface area contributed by atoms with Crippen LogP contribution in [0, 0.1) is 13.8 Å². The first-order valence-corrected chi connectivity index (χ1v) is 7.08. The molecule has 1 aliphatic heterocycles. The van der Waals surface area contributed by atoms with Crippen molar-refractivity contribution in [2.75, 3.05) is 5.32 Å². The van der Waals surface area contributed by atoms with Crippen LogP contribution in [0.1, 0.15) is 32.6 Å². The molecule has 0 aliphatic carbocycles. The summed E-state index contributed by atoms with van der Waals surface area (Å²) in [4.78, 5) is 24.2. The number of halogens is 1. The number of fused-ring (bicyclic) bond motifs is 1. The minimum Gasteiger partial charge on any atom is -0.325 e. The highest BCUT2D eigenvalue weighted by atomic mass is 35.5. The maximum atomic E-state index is 12.8. The van der Waals surface area contributed by atoms with Crippen molar-refractivity contribution in [1.82, 2.24) is 0 Å². The standard InChI is InChI=1S/C17H14ClNO2/c1-9-4-3-5-10(2)16(9)17(21)12-6-11-7-15(20)19-14(11)8-13(12)18/h3-6,8H,7H2,1-2H3,(H,19,20). The number of nitrogens with one attached hydrogen (secondary N) is 1. The second kappa shape index (κ2) is 5.01. The Morgan fingerprint density at radius 3 is 2.52 bits per heavy atom. The summed E-state index contributed by atoms with van der Waals surface area (Å²) in [5, 5.41) is 3.10. The van der Waals surface area contributed by atoms with Crippen molar-refractivity contribution in [2.45, 2.75) is 20.3 Å². The third-order valence-electron chi connectivity index (χ3n) is 3.77. The Balaban J connectivity index is 2.11. The average Bonchev–Trinajstić information content (AvgIpc) is 2.76. The van der Waals surface area contributed by atoms with Gasteiger partial charge < -0.3 is 5.32 Å². The van der Waals surface area contributed by atoms with E-state index >= 15 is 0 Å². The molecule has 0 bridgehead atoms. The second-order valence-electron chi connectivity index (χ2n) is 5.31. The first-order chi connectivity index (χ1) is 9.97. The molecular formula is C17H14ClNO2. The molecule has 2 aromatic rings. The third-order valence-corrected chi connectivity index (χ3v) is 4.08. The number of hydrogen-bond donors (Lipinski definition) is 1. The molecule has 3 nitrogen and oxygen atoms in total. The maximum Gasteiger partial charge on any atom is 0.228 e. The summed E-state index contributed by atoms with van der Waals surface area (Å²) in [6, 6.07) is 9.12. The van der Waals surface area contributed by atoms with Crippen molar-refractivity contribution in [3.05, 3.63) is 63.2 Å². The van der Waals surface area contributed by atoms with Crippen molar-refractivity contribution in [3.8, 4) is 0 Å². The average molecular weight is 300 g/mol. The van der Waals surface area contributed by atoms with Crippen LogP contribution in [0.15, 0.2) is 30.3 Å². The Morgan fingerprint density at radius 1 is 1.19 bits per heavy atom. The summed E-state index contributed by atoms with van der Waals surface area (Å²) in [6.45, 7) is 3.82. The molecule has 0 spiro atoms. The number of carbonyl (C=O) groups is 2. The van der Waals surface area contributed by atoms with E-state index in [1.54, 1.807) is 12.1 Å². The van der Waals surface area contributed by atoms with Gasteiger partial charge in [0.25, 0.3) is 0 Å². The quantitative estimate of drug-likeness (QED) is 0.860. The zero-order valence-corrected chi connectivity index (χ0v) is 12.5. The van der Waals surface area contributed by atoms with Crippen molar-refractivity contribution in [2.24, 2.45) is 0 Å². The van der Waals surface area contributed by atoms with Gasteiger partial charge in [-0.2, -0.15) is 0 Å². The Hall–Kier alpha value is -2.13. The topological polar surface area (TPSA) is 46.2 Å². The van der Waals surface area contributed by atoms with Crippen LogP contribution in [0.25, 0.3) is 0 Å². The van der Waals surface area contributed by atoms with Crippen molar-refractivity contribution < 1.29 is 9.59 Å².